The molecule has 0 fully saturated rings. The van der Waals surface area contributed by atoms with Crippen molar-refractivity contribution in [2.75, 3.05) is 0 Å². The fraction of sp³-hybridized carbons (Fsp3) is 0.409. The fourth-order valence-electron chi connectivity index (χ4n) is 2.88. The van der Waals surface area contributed by atoms with Crippen LogP contribution in [0, 0.1) is 62.3 Å². The van der Waals surface area contributed by atoms with Crippen LogP contribution in [0.1, 0.15) is 51.4 Å². The van der Waals surface area contributed by atoms with Gasteiger partial charge in [0.05, 0.1) is 0 Å². The molecule has 3 rings (SSSR count). The highest BCUT2D eigenvalue weighted by Gasteiger charge is 1.92. The molecule has 0 saturated heterocycles. The van der Waals surface area contributed by atoms with E-state index < -0.39 is 0 Å². The first kappa shape index (κ1) is 22.4. The smallest absolute Gasteiger partial charge is 0.129 e. The number of hydrogen-bond acceptors (Lipinski definition) is 5. The van der Waals surface area contributed by atoms with Gasteiger partial charge in [-0.2, -0.15) is 0 Å². The Morgan fingerprint density at radius 1 is 0.370 bits per heavy atom. The lowest BCUT2D eigenvalue weighted by molar-refractivity contribution is 0.875. The van der Waals surface area contributed by atoms with Gasteiger partial charge in [-0.25, -0.2) is 24.9 Å². The molecule has 2 aromatic heterocycles. The van der Waals surface area contributed by atoms with Gasteiger partial charge in [0, 0.05) is 11.4 Å². The zero-order chi connectivity index (χ0) is 20.6. The van der Waals surface area contributed by atoms with Gasteiger partial charge < -0.3 is 0 Å². The average molecular weight is 366 g/mol. The highest BCUT2D eigenvalue weighted by molar-refractivity contribution is 5.27. The molecule has 0 unspecified atom stereocenters. The Kier molecular flexibility index (Phi) is 8.66. The lowest BCUT2D eigenvalue weighted by atomic mass is 10.1. The summed E-state index contributed by atoms with van der Waals surface area (Å²) in [6.45, 7) is 17.8. The van der Waals surface area contributed by atoms with Crippen LogP contribution in [0.2, 0.25) is 0 Å². The Hall–Kier alpha value is -2.69. The molecule has 0 saturated carbocycles. The minimum absolute atomic E-state index is 0.792. The summed E-state index contributed by atoms with van der Waals surface area (Å²) in [6, 6.07) is 8.53. The highest BCUT2D eigenvalue weighted by Crippen LogP contribution is 2.06. The van der Waals surface area contributed by atoms with Crippen LogP contribution < -0.4 is 0 Å². The maximum absolute atomic E-state index is 4.12. The molecule has 1 aromatic carbocycles. The van der Waals surface area contributed by atoms with Crippen LogP contribution in [-0.4, -0.2) is 24.9 Å². The predicted octanol–water partition coefficient (Wildman–Crippen LogP) is 4.81. The van der Waals surface area contributed by atoms with Gasteiger partial charge in [0.2, 0.25) is 0 Å². The van der Waals surface area contributed by atoms with E-state index in [0.29, 0.717) is 0 Å². The third-order valence-electron chi connectivity index (χ3n) is 3.43. The number of benzene rings is 1. The van der Waals surface area contributed by atoms with Crippen molar-refractivity contribution >= 4 is 0 Å². The minimum atomic E-state index is 0.792. The largest absolute Gasteiger partial charge is 0.239 e. The van der Waals surface area contributed by atoms with E-state index in [4.69, 9.17) is 0 Å². The van der Waals surface area contributed by atoms with Crippen molar-refractivity contribution in [3.05, 3.63) is 75.6 Å². The van der Waals surface area contributed by atoms with Gasteiger partial charge in [-0.15, -0.1) is 0 Å². The van der Waals surface area contributed by atoms with Gasteiger partial charge >= 0.3 is 0 Å². The van der Waals surface area contributed by atoms with E-state index in [1.807, 2.05) is 47.6 Å². The van der Waals surface area contributed by atoms with E-state index in [-0.39, 0.29) is 0 Å². The van der Waals surface area contributed by atoms with Crippen molar-refractivity contribution in [1.29, 1.82) is 0 Å². The number of aryl methyl sites for hydroxylation is 9. The van der Waals surface area contributed by atoms with Gasteiger partial charge in [-0.05, 0) is 68.4 Å². The van der Waals surface area contributed by atoms with Crippen molar-refractivity contribution in [3.63, 3.8) is 0 Å². The van der Waals surface area contributed by atoms with E-state index >= 15 is 0 Å². The summed E-state index contributed by atoms with van der Waals surface area (Å²) in [5, 5.41) is 0. The summed E-state index contributed by atoms with van der Waals surface area (Å²) in [6.07, 6.45) is 0. The number of hydrogen-bond donors (Lipinski definition) is 0. The third-order valence-corrected chi connectivity index (χ3v) is 3.43. The maximum atomic E-state index is 4.12. The van der Waals surface area contributed by atoms with Crippen molar-refractivity contribution in [2.24, 2.45) is 0 Å². The van der Waals surface area contributed by atoms with Gasteiger partial charge in [0.15, 0.2) is 0 Å². The van der Waals surface area contributed by atoms with Crippen LogP contribution in [0.5, 0.6) is 0 Å². The molecule has 144 valence electrons. The first-order chi connectivity index (χ1) is 12.5. The Morgan fingerprint density at radius 3 is 0.889 bits per heavy atom. The number of aromatic nitrogens is 5. The Balaban J connectivity index is 0.000000202. The standard InChI is InChI=1S/C9H12.C7H10N2.C6H9N3/c1-7-4-8(2)6-9(3)5-7;1-5-4-6(2)9-7(3)8-5;1-4-7-5(2)9-6(3)8-4/h4-6H,1-3H3;4H,1-3H3;1-3H3. The Morgan fingerprint density at radius 2 is 0.630 bits per heavy atom. The maximum Gasteiger partial charge on any atom is 0.129 e. The first-order valence-corrected chi connectivity index (χ1v) is 9.05. The molecule has 5 nitrogen and oxygen atoms in total. The zero-order valence-electron chi connectivity index (χ0n) is 18.0. The fourth-order valence-corrected chi connectivity index (χ4v) is 2.88. The predicted molar refractivity (Wildman–Crippen MR) is 111 cm³/mol. The molecule has 5 heteroatoms. The second-order valence-electron chi connectivity index (χ2n) is 6.84. The van der Waals surface area contributed by atoms with E-state index in [1.165, 1.54) is 16.7 Å². The molecule has 0 aliphatic heterocycles. The van der Waals surface area contributed by atoms with Crippen molar-refractivity contribution in [2.45, 2.75) is 62.3 Å². The molecule has 2 heterocycles. The number of rotatable bonds is 0. The number of nitrogens with zero attached hydrogens (tertiary/aromatic N) is 5. The van der Waals surface area contributed by atoms with E-state index in [2.05, 4.69) is 63.9 Å². The van der Waals surface area contributed by atoms with Gasteiger partial charge in [-0.1, -0.05) is 34.9 Å². The van der Waals surface area contributed by atoms with E-state index in [9.17, 15) is 0 Å². The van der Waals surface area contributed by atoms with Crippen LogP contribution >= 0.6 is 0 Å². The molecular weight excluding hydrogens is 334 g/mol. The molecule has 0 spiro atoms. The minimum Gasteiger partial charge on any atom is -0.239 e. The molecule has 0 radical (unpaired) electrons. The summed E-state index contributed by atoms with van der Waals surface area (Å²) in [7, 11) is 0. The van der Waals surface area contributed by atoms with Gasteiger partial charge in [0.25, 0.3) is 0 Å². The average Bonchev–Trinajstić information content (AvgIpc) is 2.43. The first-order valence-electron chi connectivity index (χ1n) is 9.05. The summed E-state index contributed by atoms with van der Waals surface area (Å²) in [5.41, 5.74) is 6.15. The lowest BCUT2D eigenvalue weighted by Crippen LogP contribution is -1.97. The van der Waals surface area contributed by atoms with E-state index in [1.54, 1.807) is 0 Å². The SMILES string of the molecule is Cc1cc(C)cc(C)c1.Cc1cc(C)nc(C)n1.Cc1nc(C)nc(C)n1. The summed E-state index contributed by atoms with van der Waals surface area (Å²) < 4.78 is 0. The van der Waals surface area contributed by atoms with Crippen molar-refractivity contribution < 1.29 is 0 Å². The molecule has 0 N–H and O–H groups in total. The second-order valence-corrected chi connectivity index (χ2v) is 6.84. The molecule has 0 bridgehead atoms. The Labute approximate surface area is 163 Å². The van der Waals surface area contributed by atoms with Crippen LogP contribution in [-0.2, 0) is 0 Å². The molecule has 0 atom stereocenters. The summed E-state index contributed by atoms with van der Waals surface area (Å²) >= 11 is 0. The lowest BCUT2D eigenvalue weighted by Gasteiger charge is -1.96. The molecule has 0 aliphatic carbocycles. The quantitative estimate of drug-likeness (QED) is 0.572. The van der Waals surface area contributed by atoms with Crippen LogP contribution in [0.4, 0.5) is 0 Å². The topological polar surface area (TPSA) is 64.5 Å². The van der Waals surface area contributed by atoms with Gasteiger partial charge in [-0.3, -0.25) is 0 Å². The van der Waals surface area contributed by atoms with Crippen LogP contribution in [0.25, 0.3) is 0 Å². The van der Waals surface area contributed by atoms with Gasteiger partial charge in [0.1, 0.15) is 23.3 Å². The van der Waals surface area contributed by atoms with Crippen molar-refractivity contribution in [1.82, 2.24) is 24.9 Å². The molecule has 27 heavy (non-hydrogen) atoms. The third kappa shape index (κ3) is 9.54. The van der Waals surface area contributed by atoms with E-state index in [0.717, 1.165) is 34.7 Å². The molecule has 3 aromatic rings. The Bertz CT molecular complexity index is 619. The molecular formula is C22H31N5. The summed E-state index contributed by atoms with van der Waals surface area (Å²) in [5.74, 6) is 3.23. The molecule has 0 amide bonds. The van der Waals surface area contributed by atoms with Crippen LogP contribution in [0.3, 0.4) is 0 Å². The van der Waals surface area contributed by atoms with Crippen LogP contribution in [0.15, 0.2) is 24.3 Å². The molecule has 0 aliphatic rings. The highest BCUT2D eigenvalue weighted by atomic mass is 15.0. The van der Waals surface area contributed by atoms with Crippen molar-refractivity contribution in [3.8, 4) is 0 Å². The summed E-state index contributed by atoms with van der Waals surface area (Å²) in [4.78, 5) is 20.3. The normalized spacial score (nSPS) is 9.67. The monoisotopic (exact) mass is 365 g/mol. The zero-order valence-corrected chi connectivity index (χ0v) is 18.0. The second kappa shape index (κ2) is 10.5.